The average molecular weight is 498 g/mol. The Kier molecular flexibility index (Phi) is 5.59. The normalized spacial score (nSPS) is 26.6. The van der Waals surface area contributed by atoms with Crippen LogP contribution in [0.25, 0.3) is 0 Å². The van der Waals surface area contributed by atoms with Crippen molar-refractivity contribution in [2.45, 2.75) is 6.42 Å². The number of hydrogen-bond donors (Lipinski definition) is 0. The highest BCUT2D eigenvalue weighted by Crippen LogP contribution is 2.52. The van der Waals surface area contributed by atoms with Gasteiger partial charge in [-0.3, -0.25) is 9.59 Å². The second kappa shape index (κ2) is 8.03. The summed E-state index contributed by atoms with van der Waals surface area (Å²) in [6, 6.07) is 1.57. The number of methoxy groups -OCH3 is 2. The van der Waals surface area contributed by atoms with E-state index >= 15 is 0 Å². The van der Waals surface area contributed by atoms with E-state index in [-0.39, 0.29) is 58.6 Å². The smallest absolute Gasteiger partial charge is 0.343 e. The van der Waals surface area contributed by atoms with Gasteiger partial charge in [-0.15, -0.1) is 0 Å². The molecule has 10 heteroatoms. The van der Waals surface area contributed by atoms with Crippen LogP contribution in [0, 0.1) is 23.7 Å². The first-order chi connectivity index (χ1) is 14.4. The zero-order valence-electron chi connectivity index (χ0n) is 16.1. The summed E-state index contributed by atoms with van der Waals surface area (Å²) in [6.07, 6.45) is 6.28. The minimum Gasteiger partial charge on any atom is -0.493 e. The number of hydrogen-bond acceptors (Lipinski definition) is 7. The number of amides is 2. The molecule has 0 aromatic heterocycles. The van der Waals surface area contributed by atoms with Gasteiger partial charge in [0.2, 0.25) is 0 Å². The molecule has 0 spiro atoms. The standard InChI is InChI=1S/C20H18BrClN2O6/c1-28-12-6-11(16(21)17(22)18(12)30-8-13(25)29-2)7-23-24-19(26)14-9-3-4-10(5-9)15(14)20(24)27/h3-4,6-7,9-10,14-15H,5,8H2,1-2H3. The van der Waals surface area contributed by atoms with Crippen LogP contribution in [0.1, 0.15) is 12.0 Å². The first-order valence-electron chi connectivity index (χ1n) is 9.23. The van der Waals surface area contributed by atoms with E-state index < -0.39 is 5.97 Å². The molecule has 8 nitrogen and oxygen atoms in total. The molecule has 1 heterocycles. The Morgan fingerprint density at radius 1 is 1.27 bits per heavy atom. The molecule has 1 saturated carbocycles. The molecule has 2 aliphatic carbocycles. The molecule has 2 fully saturated rings. The molecule has 4 atom stereocenters. The highest BCUT2D eigenvalue weighted by Gasteiger charge is 2.59. The molecule has 0 radical (unpaired) electrons. The van der Waals surface area contributed by atoms with Crippen molar-refractivity contribution in [1.82, 2.24) is 5.01 Å². The summed E-state index contributed by atoms with van der Waals surface area (Å²) in [4.78, 5) is 36.8. The van der Waals surface area contributed by atoms with Gasteiger partial charge in [-0.1, -0.05) is 23.8 Å². The average Bonchev–Trinajstić information content (AvgIpc) is 3.42. The van der Waals surface area contributed by atoms with E-state index in [9.17, 15) is 14.4 Å². The van der Waals surface area contributed by atoms with Crippen molar-refractivity contribution in [2.75, 3.05) is 20.8 Å². The van der Waals surface area contributed by atoms with Crippen LogP contribution in [0.3, 0.4) is 0 Å². The number of rotatable bonds is 6. The van der Waals surface area contributed by atoms with Crippen LogP contribution in [0.15, 0.2) is 27.8 Å². The molecule has 2 amide bonds. The Bertz CT molecular complexity index is 964. The molecule has 1 saturated heterocycles. The van der Waals surface area contributed by atoms with E-state index in [1.165, 1.54) is 20.4 Å². The number of carbonyl (C=O) groups excluding carboxylic acids is 3. The molecular formula is C20H18BrClN2O6. The van der Waals surface area contributed by atoms with Crippen LogP contribution >= 0.6 is 27.5 Å². The van der Waals surface area contributed by atoms with E-state index in [2.05, 4.69) is 25.8 Å². The summed E-state index contributed by atoms with van der Waals surface area (Å²) in [6.45, 7) is -0.345. The number of allylic oxidation sites excluding steroid dienone is 2. The van der Waals surface area contributed by atoms with E-state index in [0.717, 1.165) is 11.4 Å². The van der Waals surface area contributed by atoms with Gasteiger partial charge in [0.05, 0.1) is 32.3 Å². The Labute approximate surface area is 185 Å². The van der Waals surface area contributed by atoms with Gasteiger partial charge in [-0.05, 0) is 40.3 Å². The van der Waals surface area contributed by atoms with Gasteiger partial charge >= 0.3 is 5.97 Å². The van der Waals surface area contributed by atoms with E-state index in [4.69, 9.17) is 21.1 Å². The molecule has 3 aliphatic rings. The number of imide groups is 1. The lowest BCUT2D eigenvalue weighted by Gasteiger charge is -2.15. The predicted octanol–water partition coefficient (Wildman–Crippen LogP) is 2.80. The van der Waals surface area contributed by atoms with Gasteiger partial charge < -0.3 is 14.2 Å². The van der Waals surface area contributed by atoms with E-state index in [1.807, 2.05) is 12.2 Å². The number of fused-ring (bicyclic) bond motifs is 5. The zero-order valence-corrected chi connectivity index (χ0v) is 18.5. The van der Waals surface area contributed by atoms with Crippen molar-refractivity contribution < 1.29 is 28.6 Å². The maximum Gasteiger partial charge on any atom is 0.343 e. The molecule has 1 aromatic carbocycles. The number of benzene rings is 1. The predicted molar refractivity (Wildman–Crippen MR) is 110 cm³/mol. The third kappa shape index (κ3) is 3.30. The first-order valence-corrected chi connectivity index (χ1v) is 10.4. The molecule has 4 rings (SSSR count). The van der Waals surface area contributed by atoms with Crippen molar-refractivity contribution >= 4 is 51.5 Å². The van der Waals surface area contributed by atoms with E-state index in [0.29, 0.717) is 10.0 Å². The molecule has 2 bridgehead atoms. The Balaban J connectivity index is 1.58. The van der Waals surface area contributed by atoms with Gasteiger partial charge in [-0.25, -0.2) is 4.79 Å². The van der Waals surface area contributed by atoms with Gasteiger partial charge in [0.1, 0.15) is 5.02 Å². The summed E-state index contributed by atoms with van der Waals surface area (Å²) in [5, 5.41) is 5.26. The fraction of sp³-hybridized carbons (Fsp3) is 0.400. The lowest BCUT2D eigenvalue weighted by molar-refractivity contribution is -0.143. The summed E-state index contributed by atoms with van der Waals surface area (Å²) in [5.41, 5.74) is 0.473. The maximum atomic E-state index is 12.7. The summed E-state index contributed by atoms with van der Waals surface area (Å²) in [7, 11) is 2.67. The largest absolute Gasteiger partial charge is 0.493 e. The number of nitrogens with zero attached hydrogens (tertiary/aromatic N) is 2. The van der Waals surface area contributed by atoms with Crippen LogP contribution in [-0.4, -0.2) is 49.8 Å². The van der Waals surface area contributed by atoms with Crippen molar-refractivity contribution in [3.8, 4) is 11.5 Å². The highest BCUT2D eigenvalue weighted by atomic mass is 79.9. The number of esters is 1. The van der Waals surface area contributed by atoms with Crippen molar-refractivity contribution in [2.24, 2.45) is 28.8 Å². The molecular weight excluding hydrogens is 480 g/mol. The lowest BCUT2D eigenvalue weighted by atomic mass is 9.85. The van der Waals surface area contributed by atoms with Crippen molar-refractivity contribution in [3.05, 3.63) is 33.3 Å². The number of ether oxygens (including phenoxy) is 3. The van der Waals surface area contributed by atoms with Gasteiger partial charge in [0, 0.05) is 10.0 Å². The second-order valence-corrected chi connectivity index (χ2v) is 8.39. The summed E-state index contributed by atoms with van der Waals surface area (Å²) < 4.78 is 15.7. The molecule has 158 valence electrons. The molecule has 30 heavy (non-hydrogen) atoms. The Morgan fingerprint density at radius 2 is 1.90 bits per heavy atom. The van der Waals surface area contributed by atoms with Crippen LogP contribution in [0.2, 0.25) is 5.02 Å². The number of halogens is 2. The topological polar surface area (TPSA) is 94.5 Å². The van der Waals surface area contributed by atoms with Crippen LogP contribution < -0.4 is 9.47 Å². The molecule has 1 aromatic rings. The second-order valence-electron chi connectivity index (χ2n) is 7.22. The van der Waals surface area contributed by atoms with Crippen LogP contribution in [0.5, 0.6) is 11.5 Å². The van der Waals surface area contributed by atoms with Gasteiger partial charge in [0.25, 0.3) is 11.8 Å². The fourth-order valence-corrected chi connectivity index (χ4v) is 4.95. The van der Waals surface area contributed by atoms with Crippen LogP contribution in [-0.2, 0) is 19.1 Å². The van der Waals surface area contributed by atoms with Gasteiger partial charge in [0.15, 0.2) is 18.1 Å². The Morgan fingerprint density at radius 3 is 2.47 bits per heavy atom. The summed E-state index contributed by atoms with van der Waals surface area (Å²) >= 11 is 9.73. The van der Waals surface area contributed by atoms with E-state index in [1.54, 1.807) is 6.07 Å². The minimum atomic E-state index is -0.574. The van der Waals surface area contributed by atoms with Crippen molar-refractivity contribution in [1.29, 1.82) is 0 Å². The zero-order chi connectivity index (χ0) is 21.6. The quantitative estimate of drug-likeness (QED) is 0.260. The minimum absolute atomic E-state index is 0.115. The molecule has 0 N–H and O–H groups in total. The fourth-order valence-electron chi connectivity index (χ4n) is 4.30. The first kappa shape index (κ1) is 20.9. The molecule has 1 aliphatic heterocycles. The highest BCUT2D eigenvalue weighted by molar-refractivity contribution is 9.10. The monoisotopic (exact) mass is 496 g/mol. The number of hydrazone groups is 1. The molecule has 4 unspecified atom stereocenters. The van der Waals surface area contributed by atoms with Gasteiger partial charge in [-0.2, -0.15) is 10.1 Å². The third-order valence-corrected chi connectivity index (χ3v) is 7.14. The van der Waals surface area contributed by atoms with Crippen LogP contribution in [0.4, 0.5) is 0 Å². The lowest BCUT2D eigenvalue weighted by Crippen LogP contribution is -2.28. The maximum absolute atomic E-state index is 12.7. The summed E-state index contributed by atoms with van der Waals surface area (Å²) in [5.74, 6) is -1.12. The number of carbonyl (C=O) groups is 3. The SMILES string of the molecule is COC(=O)COc1c(OC)cc(C=NN2C(=O)C3C4C=CC(C4)C3C2=O)c(Br)c1Cl. The van der Waals surface area contributed by atoms with Crippen molar-refractivity contribution in [3.63, 3.8) is 0 Å². The third-order valence-electron chi connectivity index (χ3n) is 5.70. The Hall–Kier alpha value is -2.39.